The molecule has 3 aliphatic heterocycles. The third kappa shape index (κ3) is 11.3. The van der Waals surface area contributed by atoms with Crippen molar-refractivity contribution in [1.29, 1.82) is 0 Å². The van der Waals surface area contributed by atoms with Gasteiger partial charge in [-0.2, -0.15) is 23.1 Å². The van der Waals surface area contributed by atoms with Crippen LogP contribution < -0.4 is 30.7 Å². The maximum Gasteiger partial charge on any atom is 0.418 e. The number of ether oxygens (including phenoxy) is 3. The summed E-state index contributed by atoms with van der Waals surface area (Å²) in [5.41, 5.74) is 10.1. The largest absolute Gasteiger partial charge is 0.486 e. The summed E-state index contributed by atoms with van der Waals surface area (Å²) in [6, 6.07) is 21.0. The number of benzene rings is 3. The van der Waals surface area contributed by atoms with Crippen LogP contribution in [-0.4, -0.2) is 132 Å². The molecule has 1 saturated carbocycles. The second kappa shape index (κ2) is 22.6. The van der Waals surface area contributed by atoms with Crippen LogP contribution in [0.5, 0.6) is 11.8 Å². The van der Waals surface area contributed by atoms with Crippen molar-refractivity contribution < 1.29 is 47.2 Å². The van der Waals surface area contributed by atoms with Gasteiger partial charge in [0, 0.05) is 73.5 Å². The topological polar surface area (TPSA) is 241 Å². The Hall–Kier alpha value is -7.79. The van der Waals surface area contributed by atoms with Crippen LogP contribution in [0.2, 0.25) is 0 Å². The van der Waals surface area contributed by atoms with Gasteiger partial charge in [-0.25, -0.2) is 9.67 Å². The smallest absolute Gasteiger partial charge is 0.418 e. The predicted octanol–water partition coefficient (Wildman–Crippen LogP) is 7.35. The van der Waals surface area contributed by atoms with Gasteiger partial charge >= 0.3 is 12.2 Å². The lowest BCUT2D eigenvalue weighted by molar-refractivity contribution is -0.142. The number of hydrogen-bond acceptors (Lipinski definition) is 16. The summed E-state index contributed by atoms with van der Waals surface area (Å²) in [7, 11) is 1.57. The SMILES string of the molecule is CO[C@@H](C)COc1nc(N2C[C@@H]3C[C@H]2CN3)c2cc(C3CC3)c(-c3nc(N)cc(C)c3C(F)(F)F)c(OCc3ccc(-c4cn([C@H](C(=O)N5C[C@H](O)C[C@H]5C(=O)N[C@@H](CO)c5ccc(-c6ccccn6)cc5)C(C)C)nn4)cc3)c2n1. The predicted molar refractivity (Wildman–Crippen MR) is 296 cm³/mol. The molecule has 0 unspecified atom stereocenters. The summed E-state index contributed by atoms with van der Waals surface area (Å²) in [5.74, 6) is -0.732. The first-order chi connectivity index (χ1) is 39.0. The number of nitrogens with zero attached hydrogens (tertiary/aromatic N) is 9. The average Bonchev–Trinajstić information content (AvgIpc) is 3.63. The maximum atomic E-state index is 15.3. The van der Waals surface area contributed by atoms with E-state index >= 15 is 13.2 Å². The normalized spacial score (nSPS) is 20.0. The number of nitrogen functional groups attached to an aromatic ring is 1. The summed E-state index contributed by atoms with van der Waals surface area (Å²) < 4.78 is 65.9. The van der Waals surface area contributed by atoms with Crippen LogP contribution in [0.3, 0.4) is 0 Å². The highest BCUT2D eigenvalue weighted by Gasteiger charge is 2.45. The lowest BCUT2D eigenvalue weighted by Crippen LogP contribution is -2.50. The molecule has 7 atom stereocenters. The van der Waals surface area contributed by atoms with E-state index in [1.165, 1.54) is 22.6 Å². The zero-order valence-corrected chi connectivity index (χ0v) is 45.6. The number of carbonyl (C=O) groups excluding carboxylic acids is 2. The van der Waals surface area contributed by atoms with Crippen LogP contribution >= 0.6 is 0 Å². The van der Waals surface area contributed by atoms with Gasteiger partial charge in [-0.3, -0.25) is 14.6 Å². The number of amides is 2. The van der Waals surface area contributed by atoms with Crippen LogP contribution in [0, 0.1) is 12.8 Å². The van der Waals surface area contributed by atoms with Crippen molar-refractivity contribution >= 4 is 34.4 Å². The van der Waals surface area contributed by atoms with Crippen molar-refractivity contribution in [3.8, 4) is 45.5 Å². The number of likely N-dealkylation sites (tertiary alicyclic amines) is 1. The number of aromatic nitrogens is 7. The number of hydrogen-bond donors (Lipinski definition) is 5. The summed E-state index contributed by atoms with van der Waals surface area (Å²) in [6.07, 6.45) is -0.315. The lowest BCUT2D eigenvalue weighted by atomic mass is 9.92. The quantitative estimate of drug-likeness (QED) is 0.0532. The van der Waals surface area contributed by atoms with Gasteiger partial charge in [0.05, 0.1) is 48.0 Å². The van der Waals surface area contributed by atoms with Crippen molar-refractivity contribution in [2.75, 3.05) is 50.6 Å². The van der Waals surface area contributed by atoms with E-state index in [4.69, 9.17) is 29.9 Å². The Morgan fingerprint density at radius 1 is 0.938 bits per heavy atom. The number of nitrogens with two attached hydrogens (primary N) is 1. The third-order valence-electron chi connectivity index (χ3n) is 15.8. The van der Waals surface area contributed by atoms with Gasteiger partial charge < -0.3 is 50.6 Å². The number of halogens is 3. The van der Waals surface area contributed by atoms with Gasteiger partial charge in [-0.15, -0.1) is 5.10 Å². The van der Waals surface area contributed by atoms with E-state index < -0.39 is 54.4 Å². The van der Waals surface area contributed by atoms with Crippen LogP contribution in [0.15, 0.2) is 91.3 Å². The first-order valence-electron chi connectivity index (χ1n) is 27.4. The van der Waals surface area contributed by atoms with Crippen molar-refractivity contribution in [1.82, 2.24) is 50.5 Å². The van der Waals surface area contributed by atoms with Crippen LogP contribution in [-0.2, 0) is 27.1 Å². The van der Waals surface area contributed by atoms with E-state index in [9.17, 15) is 19.8 Å². The molecular weight excluding hydrogens is 1050 g/mol. The zero-order chi connectivity index (χ0) is 56.9. The van der Waals surface area contributed by atoms with Gasteiger partial charge in [0.1, 0.15) is 48.1 Å². The second-order valence-electron chi connectivity index (χ2n) is 22.0. The number of pyridine rings is 2. The number of alkyl halides is 3. The number of aliphatic hydroxyl groups is 2. The highest BCUT2D eigenvalue weighted by molar-refractivity contribution is 6.01. The van der Waals surface area contributed by atoms with Gasteiger partial charge in [0.25, 0.3) is 0 Å². The van der Waals surface area contributed by atoms with Gasteiger partial charge in [0.15, 0.2) is 5.75 Å². The Morgan fingerprint density at radius 3 is 2.35 bits per heavy atom. The fourth-order valence-corrected chi connectivity index (χ4v) is 11.5. The van der Waals surface area contributed by atoms with Crippen molar-refractivity contribution in [3.63, 3.8) is 0 Å². The Balaban J connectivity index is 0.876. The average molecular weight is 1110 g/mol. The molecule has 6 N–H and O–H groups in total. The van der Waals surface area contributed by atoms with E-state index in [1.54, 1.807) is 31.6 Å². The summed E-state index contributed by atoms with van der Waals surface area (Å²) in [5, 5.41) is 37.2. The number of β-amino-alcohol motifs (C(OH)–C–C–N with tert-alkyl or cyclic N) is 1. The maximum absolute atomic E-state index is 15.3. The molecule has 2 amide bonds. The number of fused-ring (bicyclic) bond motifs is 3. The van der Waals surface area contributed by atoms with Gasteiger partial charge in [-0.1, -0.05) is 73.7 Å². The molecule has 1 aliphatic carbocycles. The molecule has 0 radical (unpaired) electrons. The van der Waals surface area contributed by atoms with Crippen LogP contribution in [0.25, 0.3) is 44.7 Å². The summed E-state index contributed by atoms with van der Waals surface area (Å²) >= 11 is 0. The highest BCUT2D eigenvalue weighted by Crippen LogP contribution is 2.54. The molecule has 22 heteroatoms. The van der Waals surface area contributed by atoms with Crippen LogP contribution in [0.1, 0.15) is 92.3 Å². The van der Waals surface area contributed by atoms with E-state index in [0.717, 1.165) is 37.1 Å². The molecule has 4 aromatic heterocycles. The van der Waals surface area contributed by atoms with Gasteiger partial charge in [0.2, 0.25) is 11.8 Å². The second-order valence-corrected chi connectivity index (χ2v) is 22.0. The minimum Gasteiger partial charge on any atom is -0.486 e. The molecule has 0 spiro atoms. The fraction of sp³-hybridized carbons (Fsp3) is 0.424. The number of aliphatic hydroxyl groups excluding tert-OH is 2. The number of methoxy groups -OCH3 is 1. The first kappa shape index (κ1) is 55.1. The Bertz CT molecular complexity index is 3440. The van der Waals surface area contributed by atoms with Gasteiger partial charge in [-0.05, 0) is 91.5 Å². The highest BCUT2D eigenvalue weighted by atomic mass is 19.4. The number of nitrogens with one attached hydrogen (secondary N) is 2. The monoisotopic (exact) mass is 1110 g/mol. The summed E-state index contributed by atoms with van der Waals surface area (Å²) in [4.78, 5) is 50.9. The molecule has 19 nitrogen and oxygen atoms in total. The number of aryl methyl sites for hydroxylation is 1. The Kier molecular flexibility index (Phi) is 15.4. The van der Waals surface area contributed by atoms with E-state index in [0.29, 0.717) is 45.7 Å². The molecule has 7 heterocycles. The third-order valence-corrected chi connectivity index (χ3v) is 15.8. The molecule has 3 aromatic carbocycles. The zero-order valence-electron chi connectivity index (χ0n) is 45.6. The molecule has 7 aromatic rings. The molecule has 81 heavy (non-hydrogen) atoms. The first-order valence-corrected chi connectivity index (χ1v) is 27.4. The van der Waals surface area contributed by atoms with Crippen molar-refractivity contribution in [3.05, 3.63) is 119 Å². The number of anilines is 2. The molecule has 4 aliphatic rings. The fourth-order valence-electron chi connectivity index (χ4n) is 11.5. The lowest BCUT2D eigenvalue weighted by Gasteiger charge is -2.30. The van der Waals surface area contributed by atoms with Crippen molar-refractivity contribution in [2.24, 2.45) is 5.92 Å². The molecule has 2 bridgehead atoms. The van der Waals surface area contributed by atoms with E-state index in [1.807, 2.05) is 81.4 Å². The summed E-state index contributed by atoms with van der Waals surface area (Å²) in [6.45, 7) is 7.88. The molecule has 4 fully saturated rings. The molecule has 424 valence electrons. The van der Waals surface area contributed by atoms with Crippen molar-refractivity contribution in [2.45, 2.75) is 114 Å². The number of carbonyl (C=O) groups is 2. The Morgan fingerprint density at radius 2 is 1.69 bits per heavy atom. The minimum atomic E-state index is -4.80. The van der Waals surface area contributed by atoms with E-state index in [2.05, 4.69) is 35.8 Å². The van der Waals surface area contributed by atoms with E-state index in [-0.39, 0.29) is 96.1 Å². The molecule has 11 rings (SSSR count). The Labute approximate surface area is 466 Å². The minimum absolute atomic E-state index is 0.00308. The molecule has 3 saturated heterocycles. The van der Waals surface area contributed by atoms with Crippen LogP contribution in [0.4, 0.5) is 24.8 Å². The number of piperazine rings is 1. The standard InChI is InChI=1S/C59H65F3N12O7/c1-31(2)53(57(78)73-26-41(76)22-47(73)56(77)66-46(28-75)38-17-15-36(16-18-38)44-8-6-7-19-64-44)74-27-45(70-71-74)37-11-9-34(10-12-37)30-80-54-49(52-50(59(60,61)62)32(3)20-48(63)67-52)42(35-13-14-35)23-43-51(54)68-58(81-29-33(4)79-5)69-55(43)72-25-39-21-40(72)24-65-39/h6-12,15-20,23,27,31,33,35,39-41,46-47,53,65,75-76H,13-14,21-22,24-26,28-30H2,1-5H3,(H2,63,67)(H,66,77)/t33-,39-,40-,41+,46-,47-,53-/m0/s1. The molecular formula is C59H65F3N12O7. The number of rotatable bonds is 19.